The molecule has 0 aliphatic rings. The van der Waals surface area contributed by atoms with Crippen molar-refractivity contribution in [3.05, 3.63) is 82.8 Å². The zero-order valence-corrected chi connectivity index (χ0v) is 93.6. The SMILES string of the molecule is C.C.C.C.CC(=[OH+])C=C(C)O.CC(C)(C)C(=[OH+])C=C(O)C(C)(C)C.CC(C)(C)C(=[OH+])C=C(O)C(C)(C)C.CC(C)(C)C(=[OH+])C=C(O)C(C)(C)C.CC(C)(C)C(=[OH+])C=C(O)C(C)(C)C.CC(C)(C)O.CC(C)C(=[OH+])C=C(O)C(C)C.CC(C)O.CC(C)O.CCC(=[OH+])C=C(O)CC.CCO.CCO.CO.CO.[Nb-].[Nb-].[Nb-].[Nb-].[Nb-].[Ta].[Ta]. The molecule has 0 bridgehead atoms. The molecule has 28 heteroatoms. The molecule has 0 unspecified atom stereocenters. The summed E-state index contributed by atoms with van der Waals surface area (Å²) in [4.78, 5) is 64.9. The molecule has 0 spiro atoms. The molecule has 0 aliphatic heterocycles. The van der Waals surface area contributed by atoms with Gasteiger partial charge in [0.1, 0.15) is 34.6 Å². The molecule has 21 nitrogen and oxygen atoms in total. The summed E-state index contributed by atoms with van der Waals surface area (Å²) in [6.07, 6.45) is 10.7. The van der Waals surface area contributed by atoms with Gasteiger partial charge in [-0.3, -0.25) is 33.6 Å². The van der Waals surface area contributed by atoms with Gasteiger partial charge < -0.3 is 183 Å². The van der Waals surface area contributed by atoms with Crippen molar-refractivity contribution in [3.8, 4) is 0 Å². The Kier molecular flexibility index (Phi) is 156. The van der Waals surface area contributed by atoms with Crippen LogP contribution in [0.2, 0.25) is 0 Å². The number of carbonyl (C=O) groups excluding carboxylic acids is 7. The average molecular weight is 2370 g/mol. The second kappa shape index (κ2) is 96.8. The van der Waals surface area contributed by atoms with Crippen LogP contribution in [-0.2, 0) is 157 Å². The third-order valence-corrected chi connectivity index (χ3v) is 10.2. The van der Waals surface area contributed by atoms with E-state index in [4.69, 9.17) is 55.5 Å². The van der Waals surface area contributed by atoms with Gasteiger partial charge in [0.15, 0.2) is 0 Å². The van der Waals surface area contributed by atoms with Crippen LogP contribution in [0.25, 0.3) is 0 Å². The van der Waals surface area contributed by atoms with Gasteiger partial charge >= 0.3 is 40.5 Å². The monoisotopic (exact) mass is 2370 g/mol. The van der Waals surface area contributed by atoms with Gasteiger partial charge in [-0.15, -0.1) is 0 Å². The van der Waals surface area contributed by atoms with Crippen molar-refractivity contribution in [1.29, 1.82) is 0 Å². The van der Waals surface area contributed by atoms with Gasteiger partial charge in [-0.25, -0.2) is 0 Å². The van der Waals surface area contributed by atoms with E-state index in [1.807, 2.05) is 208 Å². The number of allylic oxidation sites excluding steroid dienone is 14. The fourth-order valence-electron chi connectivity index (χ4n) is 3.43. The third kappa shape index (κ3) is 175. The Morgan fingerprint density at radius 3 is 0.558 bits per heavy atom. The number of hydrogen-bond acceptors (Lipinski definition) is 14. The van der Waals surface area contributed by atoms with Gasteiger partial charge in [-0.1, -0.05) is 154 Å². The molecule has 113 heavy (non-hydrogen) atoms. The van der Waals surface area contributed by atoms with Crippen LogP contribution in [0.3, 0.4) is 0 Å². The van der Waals surface area contributed by atoms with Crippen LogP contribution in [0.5, 0.6) is 0 Å². The van der Waals surface area contributed by atoms with Crippen molar-refractivity contribution in [2.45, 2.75) is 344 Å². The molecule has 0 fully saturated rings. The van der Waals surface area contributed by atoms with Crippen molar-refractivity contribution >= 4 is 40.5 Å². The van der Waals surface area contributed by atoms with E-state index in [0.29, 0.717) is 12.8 Å². The van der Waals surface area contributed by atoms with Crippen LogP contribution >= 0.6 is 0 Å². The first-order valence-electron chi connectivity index (χ1n) is 34.7. The third-order valence-electron chi connectivity index (χ3n) is 10.2. The van der Waals surface area contributed by atoms with Crippen LogP contribution in [0, 0.1) is 55.2 Å². The molecule has 0 heterocycles. The van der Waals surface area contributed by atoms with E-state index in [9.17, 15) is 49.5 Å². The molecule has 2 radical (unpaired) electrons. The van der Waals surface area contributed by atoms with Gasteiger partial charge in [-0.2, -0.15) is 0 Å². The van der Waals surface area contributed by atoms with E-state index < -0.39 is 5.60 Å². The normalized spacial score (nSPS) is 11.1. The summed E-state index contributed by atoms with van der Waals surface area (Å²) in [5.74, 6) is 3.00. The van der Waals surface area contributed by atoms with E-state index in [1.165, 1.54) is 56.4 Å². The molecule has 0 rings (SSSR count). The molecule has 0 aromatic heterocycles. The first kappa shape index (κ1) is 183. The second-order valence-electron chi connectivity index (χ2n) is 33.2. The van der Waals surface area contributed by atoms with Crippen LogP contribution in [0.1, 0.15) is 326 Å². The first-order valence-corrected chi connectivity index (χ1v) is 34.7. The molecule has 0 aliphatic carbocycles. The van der Waals surface area contributed by atoms with Crippen LogP contribution in [-0.4, -0.2) is 191 Å². The Hall–Kier alpha value is -0.628. The van der Waals surface area contributed by atoms with Gasteiger partial charge in [-0.05, 0) is 152 Å². The van der Waals surface area contributed by atoms with Gasteiger partial charge in [0, 0.05) is 118 Å². The van der Waals surface area contributed by atoms with Crippen LogP contribution in [0.4, 0.5) is 0 Å². The molecule has 0 aromatic rings. The minimum Gasteiger partial charge on any atom is -1.00 e. The van der Waals surface area contributed by atoms with Crippen molar-refractivity contribution in [1.82, 2.24) is 0 Å². The predicted octanol–water partition coefficient (Wildman–Crippen LogP) is 20.6. The summed E-state index contributed by atoms with van der Waals surface area (Å²) in [7, 11) is 2.00. The molecule has 0 atom stereocenters. The molecule has 0 amide bonds. The zero-order valence-electron chi connectivity index (χ0n) is 76.2. The van der Waals surface area contributed by atoms with Crippen molar-refractivity contribution in [3.63, 3.8) is 0 Å². The average Bonchev–Trinajstić information content (AvgIpc) is 0.891. The van der Waals surface area contributed by atoms with E-state index in [1.54, 1.807) is 62.3 Å². The number of ketones is 7. The molecule has 0 aromatic carbocycles. The number of aliphatic hydroxyl groups is 14. The Morgan fingerprint density at radius 1 is 0.319 bits per heavy atom. The molecular weight excluding hydrogens is 2180 g/mol. The van der Waals surface area contributed by atoms with E-state index in [0.717, 1.165) is 14.2 Å². The van der Waals surface area contributed by atoms with E-state index in [-0.39, 0.29) is 348 Å². The predicted molar refractivity (Wildman–Crippen MR) is 466 cm³/mol. The topological polar surface area (TPSA) is 433 Å². The molecule has 0 saturated heterocycles. The molecule has 684 valence electrons. The number of hydrogen-bond donors (Lipinski definition) is 14. The van der Waals surface area contributed by atoms with E-state index >= 15 is 0 Å². The standard InChI is InChI=1S/4C11H20O2.C9H16O2.C7H12O2.C5H8O2.C4H10O.2C3H8O.2C2H6O.2CH4O.4CH4.5Nb.2Ta/c4*1-10(2,3)8(12)7-9(13)11(4,5)6;1-6(2)8(10)5-9(11)7(3)4;1-3-6(8)5-7(9)4-2;1-4(6)3-5(2)7;1-4(2,3)5;2*1-3(2)4;2*1-2-3;2*1-2;;;;;;;;;;;/h4*7,12H,1-6H3;5-7,10H,1-4H3;5,8H,3-4H2,1-2H3;3,6H,1-2H3;5H,1-3H3;2*3-4H,1-2H3;2*3H,2H2,1H3;2*2H,1H3;4*1H4;;;;;;;/q;;;;;;;;;;;;;;;;;;5*-1;;/p+7. The zero-order chi connectivity index (χ0) is 86.7. The van der Waals surface area contributed by atoms with Gasteiger partial charge in [0.05, 0.1) is 94.8 Å². The summed E-state index contributed by atoms with van der Waals surface area (Å²) in [5.41, 5.74) is -2.95. The summed E-state index contributed by atoms with van der Waals surface area (Å²) in [6, 6.07) is 0. The fourth-order valence-corrected chi connectivity index (χ4v) is 3.43. The number of aliphatic hydroxyl groups excluding tert-OH is 13. The largest absolute Gasteiger partial charge is 1.00 e. The fraction of sp³-hybridized carbons (Fsp3) is 0.753. The molecule has 0 saturated carbocycles. The number of rotatable bonds is 11. The summed E-state index contributed by atoms with van der Waals surface area (Å²) in [6.45, 7) is 75.7. The Morgan fingerprint density at radius 2 is 0.478 bits per heavy atom. The first-order chi connectivity index (χ1) is 44.8. The smallest absolute Gasteiger partial charge is 0.325 e. The maximum atomic E-state index is 9.60. The summed E-state index contributed by atoms with van der Waals surface area (Å²) < 4.78 is 0. The minimum absolute atomic E-state index is 0. The summed E-state index contributed by atoms with van der Waals surface area (Å²) in [5, 5.41) is 119. The van der Waals surface area contributed by atoms with Crippen molar-refractivity contribution in [2.24, 2.45) is 55.2 Å². The quantitative estimate of drug-likeness (QED) is 0.0396. The maximum Gasteiger partial charge on any atom is 0.325 e. The maximum absolute atomic E-state index is 9.60. The van der Waals surface area contributed by atoms with Crippen molar-refractivity contribution < 1.29 is 262 Å². The van der Waals surface area contributed by atoms with Crippen LogP contribution in [0.15, 0.2) is 82.8 Å². The van der Waals surface area contributed by atoms with Gasteiger partial charge in [0.2, 0.25) is 0 Å². The van der Waals surface area contributed by atoms with E-state index in [2.05, 4.69) is 0 Å². The Balaban J connectivity index is -0.0000000328. The summed E-state index contributed by atoms with van der Waals surface area (Å²) >= 11 is 0. The van der Waals surface area contributed by atoms with Crippen LogP contribution < -0.4 is 0 Å². The Labute approximate surface area is 803 Å². The molecular formula is C85H185Nb5O21Ta2+2. The minimum atomic E-state index is -0.500. The van der Waals surface area contributed by atoms with Gasteiger partial charge in [0.25, 0.3) is 0 Å². The molecule has 21 N–H and O–H groups in total. The second-order valence-corrected chi connectivity index (χ2v) is 33.2. The van der Waals surface area contributed by atoms with Crippen molar-refractivity contribution in [2.75, 3.05) is 27.4 Å². The Bertz CT molecular complexity index is 2210.